The van der Waals surface area contributed by atoms with Crippen LogP contribution in [0.4, 0.5) is 0 Å². The van der Waals surface area contributed by atoms with E-state index in [0.717, 1.165) is 25.7 Å². The maximum atomic E-state index is 7.42. The molecule has 0 aromatic carbocycles. The third kappa shape index (κ3) is 10.7. The molecule has 4 atom stereocenters. The average Bonchev–Trinajstić information content (AvgIpc) is 2.98. The maximum Gasteiger partial charge on any atom is 0.272 e. The zero-order valence-corrected chi connectivity index (χ0v) is 36.5. The highest BCUT2D eigenvalue weighted by Crippen LogP contribution is 2.45. The van der Waals surface area contributed by atoms with Crippen LogP contribution in [-0.2, 0) is 18.0 Å². The van der Waals surface area contributed by atoms with Gasteiger partial charge in [-0.05, 0) is 89.1 Å². The Balaban J connectivity index is 3.47. The number of ether oxygens (including phenoxy) is 1. The minimum absolute atomic E-state index is 0.000972. The summed E-state index contributed by atoms with van der Waals surface area (Å²) >= 11 is 0. The minimum atomic E-state index is -2.09. The van der Waals surface area contributed by atoms with Gasteiger partial charge in [0.05, 0.1) is 30.5 Å². The number of hydrogen-bond acceptors (Lipinski definition) is 4. The Hall–Kier alpha value is -0.629. The maximum absolute atomic E-state index is 7.42. The van der Waals surface area contributed by atoms with E-state index in [2.05, 4.69) is 154 Å². The monoisotopic (exact) mass is 693 g/mol. The Morgan fingerprint density at radius 2 is 1.15 bits per heavy atom. The van der Waals surface area contributed by atoms with E-state index in [0.29, 0.717) is 33.2 Å². The molecule has 0 radical (unpaired) electrons. The second-order valence-corrected chi connectivity index (χ2v) is 32.8. The van der Waals surface area contributed by atoms with Gasteiger partial charge in [0.25, 0.3) is 8.32 Å². The van der Waals surface area contributed by atoms with E-state index in [4.69, 9.17) is 18.0 Å². The lowest BCUT2D eigenvalue weighted by molar-refractivity contribution is -0.107. The molecule has 0 N–H and O–H groups in total. The standard InChI is InChI=1S/C39H76O4Si3/c1-19-35-37(43-46(32(8)9,33(10)11)34(12)13)26-22-23-27-38(42-44(17,18)39(14,15)16)36(41-35)25-21-20-24-28-40-45(29(2)3,30(4)5)31(6)7/h20-23,29-38H,19,25-27H2,1-18H3/b21-20+,23-22-/t35-,36+,37-,38+/m1/s1. The molecule has 0 unspecified atom stereocenters. The summed E-state index contributed by atoms with van der Waals surface area (Å²) in [4.78, 5) is 0. The second-order valence-electron chi connectivity index (χ2n) is 17.3. The highest BCUT2D eigenvalue weighted by molar-refractivity contribution is 6.78. The topological polar surface area (TPSA) is 36.9 Å². The lowest BCUT2D eigenvalue weighted by atomic mass is 10.1. The van der Waals surface area contributed by atoms with E-state index in [1.54, 1.807) is 0 Å². The van der Waals surface area contributed by atoms with E-state index < -0.39 is 25.0 Å². The highest BCUT2D eigenvalue weighted by atomic mass is 28.4. The van der Waals surface area contributed by atoms with Crippen LogP contribution in [0.15, 0.2) is 24.3 Å². The summed E-state index contributed by atoms with van der Waals surface area (Å²) < 4.78 is 28.2. The van der Waals surface area contributed by atoms with Crippen molar-refractivity contribution in [3.63, 3.8) is 0 Å². The molecule has 0 saturated carbocycles. The fourth-order valence-corrected chi connectivity index (χ4v) is 19.9. The van der Waals surface area contributed by atoms with Crippen LogP contribution >= 0.6 is 0 Å². The minimum Gasteiger partial charge on any atom is -0.499 e. The van der Waals surface area contributed by atoms with Gasteiger partial charge >= 0.3 is 0 Å². The van der Waals surface area contributed by atoms with Gasteiger partial charge in [-0.1, -0.05) is 129 Å². The van der Waals surface area contributed by atoms with Crippen molar-refractivity contribution in [1.82, 2.24) is 0 Å². The van der Waals surface area contributed by atoms with Crippen LogP contribution in [0.3, 0.4) is 0 Å². The van der Waals surface area contributed by atoms with E-state index >= 15 is 0 Å². The predicted molar refractivity (Wildman–Crippen MR) is 209 cm³/mol. The van der Waals surface area contributed by atoms with E-state index in [1.165, 1.54) is 0 Å². The normalized spacial score (nSPS) is 23.3. The quantitative estimate of drug-likeness (QED) is 0.103. The van der Waals surface area contributed by atoms with Gasteiger partial charge in [-0.2, -0.15) is 0 Å². The molecule has 0 spiro atoms. The number of rotatable bonds is 14. The van der Waals surface area contributed by atoms with Crippen molar-refractivity contribution in [2.24, 2.45) is 0 Å². The molecule has 1 rings (SSSR count). The molecular formula is C39H76O4Si3. The van der Waals surface area contributed by atoms with E-state index in [9.17, 15) is 0 Å². The van der Waals surface area contributed by atoms with Gasteiger partial charge in [0.2, 0.25) is 8.32 Å². The first-order valence-corrected chi connectivity index (χ1v) is 25.8. The molecule has 1 heterocycles. The number of hydrogen-bond donors (Lipinski definition) is 0. The molecule has 0 fully saturated rings. The van der Waals surface area contributed by atoms with Gasteiger partial charge in [-0.25, -0.2) is 0 Å². The Morgan fingerprint density at radius 1 is 0.717 bits per heavy atom. The van der Waals surface area contributed by atoms with Crippen LogP contribution in [0.25, 0.3) is 0 Å². The van der Waals surface area contributed by atoms with E-state index in [1.807, 2.05) is 6.08 Å². The summed E-state index contributed by atoms with van der Waals surface area (Å²) in [5.41, 5.74) is 3.09. The zero-order chi connectivity index (χ0) is 35.7. The van der Waals surface area contributed by atoms with Crippen LogP contribution in [-0.4, -0.2) is 49.4 Å². The van der Waals surface area contributed by atoms with Gasteiger partial charge < -0.3 is 18.0 Å². The molecule has 4 nitrogen and oxygen atoms in total. The van der Waals surface area contributed by atoms with Crippen LogP contribution in [0, 0.1) is 12.0 Å². The zero-order valence-electron chi connectivity index (χ0n) is 33.5. The summed E-state index contributed by atoms with van der Waals surface area (Å²) in [7, 11) is -6.16. The summed E-state index contributed by atoms with van der Waals surface area (Å²) in [6.45, 7) is 41.9. The molecule has 7 heteroatoms. The molecule has 0 aromatic heterocycles. The van der Waals surface area contributed by atoms with Crippen molar-refractivity contribution in [2.75, 3.05) is 0 Å². The molecule has 46 heavy (non-hydrogen) atoms. The first kappa shape index (κ1) is 43.4. The highest BCUT2D eigenvalue weighted by Gasteiger charge is 2.49. The Kier molecular flexibility index (Phi) is 17.3. The van der Waals surface area contributed by atoms with Gasteiger partial charge in [0.1, 0.15) is 0 Å². The lowest BCUT2D eigenvalue weighted by Gasteiger charge is -2.46. The molecule has 0 aliphatic carbocycles. The van der Waals surface area contributed by atoms with Crippen molar-refractivity contribution in [2.45, 2.75) is 212 Å². The van der Waals surface area contributed by atoms with Gasteiger partial charge in [0.15, 0.2) is 8.32 Å². The summed E-state index contributed by atoms with van der Waals surface area (Å²) in [6, 6.07) is 0. The van der Waals surface area contributed by atoms with Crippen LogP contribution in [0.2, 0.25) is 51.4 Å². The predicted octanol–water partition coefficient (Wildman–Crippen LogP) is 12.6. The van der Waals surface area contributed by atoms with Gasteiger partial charge in [-0.15, -0.1) is 0 Å². The molecule has 1 aliphatic rings. The van der Waals surface area contributed by atoms with Crippen LogP contribution in [0.5, 0.6) is 0 Å². The average molecular weight is 693 g/mol. The van der Waals surface area contributed by atoms with E-state index in [-0.39, 0.29) is 29.5 Å². The molecule has 268 valence electrons. The first-order chi connectivity index (χ1) is 21.1. The lowest BCUT2D eigenvalue weighted by Crippen LogP contribution is -2.53. The molecular weight excluding hydrogens is 617 g/mol. The van der Waals surface area contributed by atoms with Crippen molar-refractivity contribution in [1.29, 1.82) is 0 Å². The van der Waals surface area contributed by atoms with Gasteiger partial charge in [-0.3, -0.25) is 0 Å². The molecule has 1 aliphatic heterocycles. The molecule has 0 bridgehead atoms. The largest absolute Gasteiger partial charge is 0.499 e. The smallest absolute Gasteiger partial charge is 0.272 e. The third-order valence-corrected chi connectivity index (χ3v) is 27.9. The SMILES string of the molecule is CC[C@H]1O[C@@H](C/C=C/C#CO[Si](C(C)C)(C(C)C)C(C)C)[C@@H](O[Si](C)(C)C(C)(C)C)C/C=C\C[C@H]1O[Si](C(C)C)(C(C)C)C(C)C. The molecule has 0 saturated heterocycles. The second kappa shape index (κ2) is 18.4. The molecule has 0 aromatic rings. The van der Waals surface area contributed by atoms with Crippen molar-refractivity contribution >= 4 is 25.0 Å². The Labute approximate surface area is 290 Å². The first-order valence-electron chi connectivity index (χ1n) is 18.6. The molecule has 0 amide bonds. The Bertz CT molecular complexity index is 967. The van der Waals surface area contributed by atoms with Crippen molar-refractivity contribution in [3.05, 3.63) is 24.3 Å². The fourth-order valence-electron chi connectivity index (χ4n) is 7.97. The van der Waals surface area contributed by atoms with Crippen LogP contribution < -0.4 is 0 Å². The third-order valence-electron chi connectivity index (χ3n) is 11.4. The van der Waals surface area contributed by atoms with Crippen LogP contribution in [0.1, 0.15) is 136 Å². The Morgan fingerprint density at radius 3 is 1.54 bits per heavy atom. The van der Waals surface area contributed by atoms with Crippen molar-refractivity contribution in [3.8, 4) is 12.0 Å². The number of allylic oxidation sites excluding steroid dienone is 1. The van der Waals surface area contributed by atoms with Gasteiger partial charge in [0, 0.05) is 0 Å². The fraction of sp³-hybridized carbons (Fsp3) is 0.846. The van der Waals surface area contributed by atoms with Crippen molar-refractivity contribution < 1.29 is 18.0 Å². The summed E-state index contributed by atoms with van der Waals surface area (Å²) in [5.74, 6) is 3.24. The summed E-state index contributed by atoms with van der Waals surface area (Å²) in [5, 5.41) is 0.116. The summed E-state index contributed by atoms with van der Waals surface area (Å²) in [6.07, 6.45) is 15.2.